The number of anilines is 1. The molecule has 1 aliphatic rings. The summed E-state index contributed by atoms with van der Waals surface area (Å²) in [6.45, 7) is 2.80. The van der Waals surface area contributed by atoms with Crippen molar-refractivity contribution in [3.63, 3.8) is 0 Å². The molecule has 1 aliphatic carbocycles. The van der Waals surface area contributed by atoms with Crippen molar-refractivity contribution >= 4 is 11.6 Å². The Morgan fingerprint density at radius 3 is 2.39 bits per heavy atom. The molecule has 0 aliphatic heterocycles. The second-order valence-corrected chi connectivity index (χ2v) is 5.31. The quantitative estimate of drug-likeness (QED) is 0.861. The predicted octanol–water partition coefficient (Wildman–Crippen LogP) is 2.70. The topological polar surface area (TPSA) is 55.1 Å². The first kappa shape index (κ1) is 13.1. The maximum Gasteiger partial charge on any atom is 0.227 e. The van der Waals surface area contributed by atoms with Crippen LogP contribution in [-0.2, 0) is 4.79 Å². The Hall–Kier alpha value is -1.35. The van der Waals surface area contributed by atoms with Gasteiger partial charge in [0.25, 0.3) is 0 Å². The molecule has 1 aromatic carbocycles. The molecule has 0 heterocycles. The first-order valence-electron chi connectivity index (χ1n) is 6.76. The van der Waals surface area contributed by atoms with Crippen LogP contribution < -0.4 is 11.1 Å². The Bertz CT molecular complexity index is 391. The molecule has 3 nitrogen and oxygen atoms in total. The summed E-state index contributed by atoms with van der Waals surface area (Å²) in [6, 6.07) is 7.94. The lowest BCUT2D eigenvalue weighted by Gasteiger charge is -2.26. The predicted molar refractivity (Wildman–Crippen MR) is 74.3 cm³/mol. The van der Waals surface area contributed by atoms with Gasteiger partial charge in [-0.05, 0) is 57.2 Å². The van der Waals surface area contributed by atoms with Gasteiger partial charge in [0.05, 0.1) is 0 Å². The smallest absolute Gasteiger partial charge is 0.227 e. The Labute approximate surface area is 109 Å². The van der Waals surface area contributed by atoms with Crippen molar-refractivity contribution in [2.45, 2.75) is 32.6 Å². The zero-order valence-electron chi connectivity index (χ0n) is 11.0. The first-order chi connectivity index (χ1) is 8.69. The monoisotopic (exact) mass is 246 g/mol. The van der Waals surface area contributed by atoms with Crippen LogP contribution in [0.15, 0.2) is 24.3 Å². The van der Waals surface area contributed by atoms with E-state index in [1.807, 2.05) is 31.2 Å². The van der Waals surface area contributed by atoms with Crippen molar-refractivity contribution in [1.29, 1.82) is 0 Å². The molecule has 0 atom stereocenters. The lowest BCUT2D eigenvalue weighted by molar-refractivity contribution is -0.121. The molecule has 1 aromatic rings. The zero-order chi connectivity index (χ0) is 13.0. The van der Waals surface area contributed by atoms with Gasteiger partial charge in [0.15, 0.2) is 0 Å². The molecule has 3 N–H and O–H groups in total. The maximum atomic E-state index is 12.1. The van der Waals surface area contributed by atoms with E-state index in [9.17, 15) is 4.79 Å². The minimum Gasteiger partial charge on any atom is -0.330 e. The molecule has 1 saturated carbocycles. The molecule has 0 radical (unpaired) electrons. The van der Waals surface area contributed by atoms with Crippen molar-refractivity contribution in [2.75, 3.05) is 11.9 Å². The summed E-state index contributed by atoms with van der Waals surface area (Å²) >= 11 is 0. The van der Waals surface area contributed by atoms with Crippen LogP contribution in [0, 0.1) is 18.8 Å². The average molecular weight is 246 g/mol. The summed E-state index contributed by atoms with van der Waals surface area (Å²) in [5.41, 5.74) is 7.76. The highest BCUT2D eigenvalue weighted by Crippen LogP contribution is 2.29. The first-order valence-corrected chi connectivity index (χ1v) is 6.76. The number of benzene rings is 1. The molecule has 3 heteroatoms. The van der Waals surface area contributed by atoms with E-state index >= 15 is 0 Å². The fourth-order valence-electron chi connectivity index (χ4n) is 2.54. The average Bonchev–Trinajstić information content (AvgIpc) is 2.41. The lowest BCUT2D eigenvalue weighted by Crippen LogP contribution is -2.29. The van der Waals surface area contributed by atoms with Crippen molar-refractivity contribution in [3.05, 3.63) is 29.8 Å². The van der Waals surface area contributed by atoms with Crippen LogP contribution >= 0.6 is 0 Å². The van der Waals surface area contributed by atoms with E-state index in [-0.39, 0.29) is 11.8 Å². The molecule has 0 unspecified atom stereocenters. The molecule has 0 spiro atoms. The van der Waals surface area contributed by atoms with Crippen LogP contribution in [0.1, 0.15) is 31.2 Å². The number of aryl methyl sites for hydroxylation is 1. The molecule has 18 heavy (non-hydrogen) atoms. The van der Waals surface area contributed by atoms with Crippen LogP contribution in [0.5, 0.6) is 0 Å². The third kappa shape index (κ3) is 3.33. The molecular weight excluding hydrogens is 224 g/mol. The van der Waals surface area contributed by atoms with Gasteiger partial charge in [0.2, 0.25) is 5.91 Å². The number of hydrogen-bond donors (Lipinski definition) is 2. The molecule has 0 bridgehead atoms. The van der Waals surface area contributed by atoms with Crippen molar-refractivity contribution < 1.29 is 4.79 Å². The summed E-state index contributed by atoms with van der Waals surface area (Å²) in [6.07, 6.45) is 4.12. The van der Waals surface area contributed by atoms with Gasteiger partial charge in [-0.15, -0.1) is 0 Å². The lowest BCUT2D eigenvalue weighted by atomic mass is 9.81. The number of nitrogens with one attached hydrogen (secondary N) is 1. The van der Waals surface area contributed by atoms with Gasteiger partial charge in [-0.2, -0.15) is 0 Å². The van der Waals surface area contributed by atoms with Gasteiger partial charge in [-0.1, -0.05) is 17.7 Å². The van der Waals surface area contributed by atoms with E-state index in [0.29, 0.717) is 5.92 Å². The Balaban J connectivity index is 1.87. The van der Waals surface area contributed by atoms with E-state index in [4.69, 9.17) is 5.73 Å². The van der Waals surface area contributed by atoms with Crippen molar-refractivity contribution in [2.24, 2.45) is 17.6 Å². The minimum atomic E-state index is 0.161. The number of nitrogens with two attached hydrogens (primary N) is 1. The number of hydrogen-bond acceptors (Lipinski definition) is 2. The highest BCUT2D eigenvalue weighted by atomic mass is 16.1. The van der Waals surface area contributed by atoms with Gasteiger partial charge < -0.3 is 11.1 Å². The summed E-state index contributed by atoms with van der Waals surface area (Å²) < 4.78 is 0. The van der Waals surface area contributed by atoms with Crippen LogP contribution in [0.3, 0.4) is 0 Å². The number of carbonyl (C=O) groups is 1. The standard InChI is InChI=1S/C15H22N2O/c1-11-2-8-14(9-3-11)17-15(18)13-6-4-12(10-16)5-7-13/h2-3,8-9,12-13H,4-7,10,16H2,1H3,(H,17,18). The van der Waals surface area contributed by atoms with Gasteiger partial charge in [0, 0.05) is 11.6 Å². The SMILES string of the molecule is Cc1ccc(NC(=O)C2CCC(CN)CC2)cc1. The van der Waals surface area contributed by atoms with Crippen LogP contribution in [0.4, 0.5) is 5.69 Å². The van der Waals surface area contributed by atoms with E-state index < -0.39 is 0 Å². The van der Waals surface area contributed by atoms with Crippen LogP contribution in [-0.4, -0.2) is 12.5 Å². The van der Waals surface area contributed by atoms with E-state index in [1.165, 1.54) is 5.56 Å². The minimum absolute atomic E-state index is 0.161. The van der Waals surface area contributed by atoms with Gasteiger partial charge >= 0.3 is 0 Å². The zero-order valence-corrected chi connectivity index (χ0v) is 11.0. The third-order valence-corrected chi connectivity index (χ3v) is 3.87. The highest BCUT2D eigenvalue weighted by molar-refractivity contribution is 5.92. The molecule has 0 aromatic heterocycles. The van der Waals surface area contributed by atoms with Gasteiger partial charge in [0.1, 0.15) is 0 Å². The van der Waals surface area contributed by atoms with Gasteiger partial charge in [-0.3, -0.25) is 4.79 Å². The Kier molecular flexibility index (Phi) is 4.37. The van der Waals surface area contributed by atoms with E-state index in [2.05, 4.69) is 5.32 Å². The van der Waals surface area contributed by atoms with E-state index in [1.54, 1.807) is 0 Å². The Morgan fingerprint density at radius 1 is 1.22 bits per heavy atom. The fraction of sp³-hybridized carbons (Fsp3) is 0.533. The highest BCUT2D eigenvalue weighted by Gasteiger charge is 2.25. The third-order valence-electron chi connectivity index (χ3n) is 3.87. The molecule has 1 fully saturated rings. The summed E-state index contributed by atoms with van der Waals surface area (Å²) in [5, 5.41) is 3.00. The molecule has 0 saturated heterocycles. The normalized spacial score (nSPS) is 23.7. The van der Waals surface area contributed by atoms with Crippen LogP contribution in [0.2, 0.25) is 0 Å². The van der Waals surface area contributed by atoms with Crippen molar-refractivity contribution in [1.82, 2.24) is 0 Å². The number of carbonyl (C=O) groups excluding carboxylic acids is 1. The molecule has 1 amide bonds. The summed E-state index contributed by atoms with van der Waals surface area (Å²) in [7, 11) is 0. The number of amides is 1. The largest absolute Gasteiger partial charge is 0.330 e. The second-order valence-electron chi connectivity index (χ2n) is 5.31. The Morgan fingerprint density at radius 2 is 1.83 bits per heavy atom. The van der Waals surface area contributed by atoms with Crippen molar-refractivity contribution in [3.8, 4) is 0 Å². The summed E-state index contributed by atoms with van der Waals surface area (Å²) in [5.74, 6) is 0.942. The van der Waals surface area contributed by atoms with Crippen LogP contribution in [0.25, 0.3) is 0 Å². The summed E-state index contributed by atoms with van der Waals surface area (Å²) in [4.78, 5) is 12.1. The number of rotatable bonds is 3. The molecule has 2 rings (SSSR count). The maximum absolute atomic E-state index is 12.1. The second kappa shape index (κ2) is 6.01. The van der Waals surface area contributed by atoms with Gasteiger partial charge in [-0.25, -0.2) is 0 Å². The molecular formula is C15H22N2O. The van der Waals surface area contributed by atoms with E-state index in [0.717, 1.165) is 37.9 Å². The fourth-order valence-corrected chi connectivity index (χ4v) is 2.54. The molecule has 98 valence electrons.